The van der Waals surface area contributed by atoms with Gasteiger partial charge in [0.1, 0.15) is 29.0 Å². The number of anilines is 1. The largest absolute Gasteiger partial charge is 0.497 e. The van der Waals surface area contributed by atoms with E-state index in [1.807, 2.05) is 24.3 Å². The first-order chi connectivity index (χ1) is 11.4. The minimum Gasteiger partial charge on any atom is -0.497 e. The van der Waals surface area contributed by atoms with Gasteiger partial charge in [0.05, 0.1) is 20.3 Å². The lowest BCUT2D eigenvalue weighted by Gasteiger charge is -2.27. The number of aromatic nitrogens is 3. The maximum Gasteiger partial charge on any atom is 0.263 e. The van der Waals surface area contributed by atoms with Gasteiger partial charge in [-0.2, -0.15) is 4.98 Å². The van der Waals surface area contributed by atoms with Crippen LogP contribution in [0.25, 0.3) is 22.4 Å². The van der Waals surface area contributed by atoms with E-state index >= 15 is 0 Å². The lowest BCUT2D eigenvalue weighted by molar-refractivity contribution is 0.122. The summed E-state index contributed by atoms with van der Waals surface area (Å²) in [5, 5.41) is 5.03. The van der Waals surface area contributed by atoms with Crippen molar-refractivity contribution >= 4 is 16.9 Å². The van der Waals surface area contributed by atoms with Gasteiger partial charge in [0.25, 0.3) is 5.71 Å². The summed E-state index contributed by atoms with van der Waals surface area (Å²) in [5.74, 6) is 1.60. The van der Waals surface area contributed by atoms with Crippen molar-refractivity contribution in [3.63, 3.8) is 0 Å². The summed E-state index contributed by atoms with van der Waals surface area (Å²) in [7, 11) is 1.64. The third-order valence-electron chi connectivity index (χ3n) is 3.91. The van der Waals surface area contributed by atoms with Gasteiger partial charge in [-0.15, -0.1) is 0 Å². The molecule has 0 amide bonds. The summed E-state index contributed by atoms with van der Waals surface area (Å²) >= 11 is 0. The zero-order valence-corrected chi connectivity index (χ0v) is 12.7. The molecule has 4 rings (SSSR count). The molecule has 23 heavy (non-hydrogen) atoms. The second kappa shape index (κ2) is 5.85. The highest BCUT2D eigenvalue weighted by atomic mass is 16.5. The first-order valence-electron chi connectivity index (χ1n) is 7.44. The molecule has 1 aromatic carbocycles. The van der Waals surface area contributed by atoms with Gasteiger partial charge in [-0.3, -0.25) is 0 Å². The number of hydrogen-bond donors (Lipinski definition) is 0. The number of ether oxygens (including phenoxy) is 2. The van der Waals surface area contributed by atoms with Crippen molar-refractivity contribution in [3.05, 3.63) is 30.6 Å². The van der Waals surface area contributed by atoms with Crippen molar-refractivity contribution in [3.8, 4) is 17.0 Å². The van der Waals surface area contributed by atoms with Crippen LogP contribution in [0.4, 0.5) is 5.82 Å². The van der Waals surface area contributed by atoms with Crippen LogP contribution in [0.2, 0.25) is 0 Å². The number of benzene rings is 1. The van der Waals surface area contributed by atoms with Crippen molar-refractivity contribution in [1.82, 2.24) is 15.1 Å². The zero-order chi connectivity index (χ0) is 15.6. The molecule has 1 aliphatic heterocycles. The SMILES string of the molecule is COc1cccc(-c2noc3ncnc(N4CCOCC4)c23)c1. The molecule has 3 aromatic rings. The van der Waals surface area contributed by atoms with Gasteiger partial charge in [0.15, 0.2) is 0 Å². The molecule has 0 aliphatic carbocycles. The van der Waals surface area contributed by atoms with E-state index in [9.17, 15) is 0 Å². The fraction of sp³-hybridized carbons (Fsp3) is 0.312. The fourth-order valence-electron chi connectivity index (χ4n) is 2.75. The van der Waals surface area contributed by atoms with Gasteiger partial charge < -0.3 is 18.9 Å². The van der Waals surface area contributed by atoms with Gasteiger partial charge >= 0.3 is 0 Å². The van der Waals surface area contributed by atoms with Crippen LogP contribution in [0, 0.1) is 0 Å². The summed E-state index contributed by atoms with van der Waals surface area (Å²) < 4.78 is 16.1. The molecule has 7 heteroatoms. The van der Waals surface area contributed by atoms with Crippen LogP contribution in [0.15, 0.2) is 35.1 Å². The molecule has 1 aliphatic rings. The van der Waals surface area contributed by atoms with E-state index in [2.05, 4.69) is 20.0 Å². The van der Waals surface area contributed by atoms with Crippen LogP contribution >= 0.6 is 0 Å². The first kappa shape index (κ1) is 14.0. The van der Waals surface area contributed by atoms with Gasteiger partial charge in [0.2, 0.25) is 0 Å². The molecule has 0 unspecified atom stereocenters. The number of nitrogens with zero attached hydrogens (tertiary/aromatic N) is 4. The van der Waals surface area contributed by atoms with Crippen molar-refractivity contribution < 1.29 is 14.0 Å². The summed E-state index contributed by atoms with van der Waals surface area (Å²) in [4.78, 5) is 10.8. The van der Waals surface area contributed by atoms with E-state index in [0.717, 1.165) is 41.3 Å². The van der Waals surface area contributed by atoms with E-state index in [1.165, 1.54) is 6.33 Å². The second-order valence-electron chi connectivity index (χ2n) is 5.24. The molecule has 0 N–H and O–H groups in total. The number of rotatable bonds is 3. The monoisotopic (exact) mass is 312 g/mol. The minimum absolute atomic E-state index is 0.485. The minimum atomic E-state index is 0.485. The van der Waals surface area contributed by atoms with E-state index in [4.69, 9.17) is 14.0 Å². The Morgan fingerprint density at radius 3 is 2.87 bits per heavy atom. The van der Waals surface area contributed by atoms with E-state index in [-0.39, 0.29) is 0 Å². The molecule has 7 nitrogen and oxygen atoms in total. The maximum atomic E-state index is 5.42. The molecule has 0 spiro atoms. The third-order valence-corrected chi connectivity index (χ3v) is 3.91. The third kappa shape index (κ3) is 2.49. The number of methoxy groups -OCH3 is 1. The Morgan fingerprint density at radius 2 is 2.04 bits per heavy atom. The van der Waals surface area contributed by atoms with Crippen LogP contribution in [-0.4, -0.2) is 48.5 Å². The quantitative estimate of drug-likeness (QED) is 0.733. The number of fused-ring (bicyclic) bond motifs is 1. The Labute approximate surface area is 132 Å². The Bertz CT molecular complexity index is 827. The standard InChI is InChI=1S/C16H16N4O3/c1-21-12-4-2-3-11(9-12)14-13-15(20-5-7-22-8-6-20)17-10-18-16(13)23-19-14/h2-4,9-10H,5-8H2,1H3. The maximum absolute atomic E-state index is 5.42. The van der Waals surface area contributed by atoms with E-state index in [1.54, 1.807) is 7.11 Å². The molecule has 3 heterocycles. The summed E-state index contributed by atoms with van der Waals surface area (Å²) in [6.07, 6.45) is 1.51. The predicted molar refractivity (Wildman–Crippen MR) is 84.6 cm³/mol. The molecule has 0 atom stereocenters. The highest BCUT2D eigenvalue weighted by molar-refractivity contribution is 5.98. The molecule has 0 radical (unpaired) electrons. The molecule has 1 fully saturated rings. The summed E-state index contributed by atoms with van der Waals surface area (Å²) in [6.45, 7) is 2.94. The van der Waals surface area contributed by atoms with Gasteiger partial charge in [-0.05, 0) is 12.1 Å². The zero-order valence-electron chi connectivity index (χ0n) is 12.7. The lowest BCUT2D eigenvalue weighted by atomic mass is 10.1. The molecule has 1 saturated heterocycles. The Balaban J connectivity index is 1.87. The fourth-order valence-corrected chi connectivity index (χ4v) is 2.75. The Hall–Kier alpha value is -2.67. The van der Waals surface area contributed by atoms with Crippen molar-refractivity contribution in [2.75, 3.05) is 38.3 Å². The lowest BCUT2D eigenvalue weighted by Crippen LogP contribution is -2.36. The van der Waals surface area contributed by atoms with Gasteiger partial charge in [-0.1, -0.05) is 17.3 Å². The molecule has 118 valence electrons. The highest BCUT2D eigenvalue weighted by Gasteiger charge is 2.22. The van der Waals surface area contributed by atoms with E-state index in [0.29, 0.717) is 18.9 Å². The molecule has 2 aromatic heterocycles. The van der Waals surface area contributed by atoms with Gasteiger partial charge in [-0.25, -0.2) is 4.98 Å². The number of morpholine rings is 1. The summed E-state index contributed by atoms with van der Waals surface area (Å²) in [5.41, 5.74) is 2.12. The molecule has 0 saturated carbocycles. The Kier molecular flexibility index (Phi) is 3.55. The van der Waals surface area contributed by atoms with Gasteiger partial charge in [0, 0.05) is 18.7 Å². The van der Waals surface area contributed by atoms with Crippen molar-refractivity contribution in [2.45, 2.75) is 0 Å². The van der Waals surface area contributed by atoms with Crippen LogP contribution in [-0.2, 0) is 4.74 Å². The van der Waals surface area contributed by atoms with Crippen molar-refractivity contribution in [2.24, 2.45) is 0 Å². The van der Waals surface area contributed by atoms with Crippen LogP contribution in [0.5, 0.6) is 5.75 Å². The van der Waals surface area contributed by atoms with Crippen LogP contribution in [0.3, 0.4) is 0 Å². The topological polar surface area (TPSA) is 73.5 Å². The highest BCUT2D eigenvalue weighted by Crippen LogP contribution is 2.34. The predicted octanol–water partition coefficient (Wildman–Crippen LogP) is 2.13. The average Bonchev–Trinajstić information content (AvgIpc) is 3.07. The number of hydrogen-bond acceptors (Lipinski definition) is 7. The smallest absolute Gasteiger partial charge is 0.263 e. The Morgan fingerprint density at radius 1 is 1.17 bits per heavy atom. The van der Waals surface area contributed by atoms with E-state index < -0.39 is 0 Å². The second-order valence-corrected chi connectivity index (χ2v) is 5.24. The molecular formula is C16H16N4O3. The molecular weight excluding hydrogens is 296 g/mol. The average molecular weight is 312 g/mol. The van der Waals surface area contributed by atoms with Crippen LogP contribution in [0.1, 0.15) is 0 Å². The first-order valence-corrected chi connectivity index (χ1v) is 7.44. The van der Waals surface area contributed by atoms with Crippen LogP contribution < -0.4 is 9.64 Å². The normalized spacial score (nSPS) is 15.1. The summed E-state index contributed by atoms with van der Waals surface area (Å²) in [6, 6.07) is 7.71. The van der Waals surface area contributed by atoms with Crippen molar-refractivity contribution in [1.29, 1.82) is 0 Å². The molecule has 0 bridgehead atoms.